The minimum Gasteiger partial charge on any atom is -0.311 e. The van der Waals surface area contributed by atoms with Gasteiger partial charge in [0.1, 0.15) is 5.41 Å². The number of fused-ring (bicyclic) bond motifs is 1. The Morgan fingerprint density at radius 3 is 2.65 bits per heavy atom. The standard InChI is InChI=1S/C17H20N2O/c18-13-17(10-4-5-11-17)16(20)19-12-6-3-8-14-7-1-2-9-15(14)19/h1-2,7,9H,3-6,8,10-12H2. The van der Waals surface area contributed by atoms with Gasteiger partial charge in [-0.15, -0.1) is 0 Å². The molecule has 104 valence electrons. The summed E-state index contributed by atoms with van der Waals surface area (Å²) in [7, 11) is 0. The minimum absolute atomic E-state index is 0.0341. The van der Waals surface area contributed by atoms with E-state index in [-0.39, 0.29) is 5.91 Å². The third kappa shape index (κ3) is 2.10. The number of benzene rings is 1. The number of carbonyl (C=O) groups is 1. The molecule has 2 aliphatic rings. The summed E-state index contributed by atoms with van der Waals surface area (Å²) in [5.74, 6) is 0.0341. The van der Waals surface area contributed by atoms with E-state index in [1.807, 2.05) is 23.1 Å². The van der Waals surface area contributed by atoms with E-state index in [1.54, 1.807) is 0 Å². The minimum atomic E-state index is -0.766. The van der Waals surface area contributed by atoms with Crippen LogP contribution in [0.2, 0.25) is 0 Å². The lowest BCUT2D eigenvalue weighted by molar-refractivity contribution is -0.125. The van der Waals surface area contributed by atoms with E-state index in [2.05, 4.69) is 12.1 Å². The molecule has 0 atom stereocenters. The van der Waals surface area contributed by atoms with E-state index >= 15 is 0 Å². The molecule has 1 aliphatic heterocycles. The van der Waals surface area contributed by atoms with Crippen LogP contribution in [0.3, 0.4) is 0 Å². The predicted molar refractivity (Wildman–Crippen MR) is 78.2 cm³/mol. The highest BCUT2D eigenvalue weighted by Gasteiger charge is 2.44. The SMILES string of the molecule is N#CC1(C(=O)N2CCCCc3ccccc32)CCCC1. The molecule has 20 heavy (non-hydrogen) atoms. The van der Waals surface area contributed by atoms with E-state index in [1.165, 1.54) is 5.56 Å². The maximum atomic E-state index is 13.0. The van der Waals surface area contributed by atoms with Crippen molar-refractivity contribution in [1.29, 1.82) is 5.26 Å². The van der Waals surface area contributed by atoms with Gasteiger partial charge in [-0.1, -0.05) is 31.0 Å². The highest BCUT2D eigenvalue weighted by atomic mass is 16.2. The van der Waals surface area contributed by atoms with Crippen LogP contribution in [0.1, 0.15) is 44.1 Å². The third-order valence-electron chi connectivity index (χ3n) is 4.69. The van der Waals surface area contributed by atoms with Crippen molar-refractivity contribution in [3.8, 4) is 6.07 Å². The van der Waals surface area contributed by atoms with Crippen LogP contribution in [-0.2, 0) is 11.2 Å². The number of nitrogens with zero attached hydrogens (tertiary/aromatic N) is 2. The van der Waals surface area contributed by atoms with E-state index in [0.717, 1.165) is 57.2 Å². The van der Waals surface area contributed by atoms with Gasteiger partial charge >= 0.3 is 0 Å². The Kier molecular flexibility index (Phi) is 3.48. The fraction of sp³-hybridized carbons (Fsp3) is 0.529. The molecule has 3 heteroatoms. The van der Waals surface area contributed by atoms with Gasteiger partial charge in [-0.25, -0.2) is 0 Å². The van der Waals surface area contributed by atoms with Gasteiger partial charge in [0.25, 0.3) is 0 Å². The van der Waals surface area contributed by atoms with Gasteiger partial charge in [-0.05, 0) is 43.7 Å². The average molecular weight is 268 g/mol. The topological polar surface area (TPSA) is 44.1 Å². The first-order valence-corrected chi connectivity index (χ1v) is 7.58. The molecular formula is C17H20N2O. The van der Waals surface area contributed by atoms with E-state index in [0.29, 0.717) is 0 Å². The molecule has 1 aromatic rings. The molecule has 1 amide bonds. The van der Waals surface area contributed by atoms with Gasteiger partial charge in [0.2, 0.25) is 5.91 Å². The van der Waals surface area contributed by atoms with Crippen molar-refractivity contribution in [3.05, 3.63) is 29.8 Å². The summed E-state index contributed by atoms with van der Waals surface area (Å²) < 4.78 is 0. The van der Waals surface area contributed by atoms with Crippen molar-refractivity contribution in [1.82, 2.24) is 0 Å². The molecule has 0 radical (unpaired) electrons. The summed E-state index contributed by atoms with van der Waals surface area (Å²) in [6.07, 6.45) is 6.59. The maximum absolute atomic E-state index is 13.0. The molecule has 0 N–H and O–H groups in total. The van der Waals surface area contributed by atoms with E-state index in [4.69, 9.17) is 0 Å². The van der Waals surface area contributed by atoms with Gasteiger partial charge in [0, 0.05) is 12.2 Å². The van der Waals surface area contributed by atoms with Crippen molar-refractivity contribution in [2.24, 2.45) is 5.41 Å². The molecule has 0 spiro atoms. The van der Waals surface area contributed by atoms with Crippen LogP contribution in [0.25, 0.3) is 0 Å². The Balaban J connectivity index is 1.97. The van der Waals surface area contributed by atoms with Crippen molar-refractivity contribution >= 4 is 11.6 Å². The highest BCUT2D eigenvalue weighted by Crippen LogP contribution is 2.41. The number of aryl methyl sites for hydroxylation is 1. The third-order valence-corrected chi connectivity index (χ3v) is 4.69. The molecule has 0 bridgehead atoms. The van der Waals surface area contributed by atoms with Crippen molar-refractivity contribution < 1.29 is 4.79 Å². The molecule has 3 nitrogen and oxygen atoms in total. The second kappa shape index (κ2) is 5.28. The number of nitriles is 1. The number of rotatable bonds is 1. The number of carbonyl (C=O) groups excluding carboxylic acids is 1. The first-order chi connectivity index (χ1) is 9.77. The average Bonchev–Trinajstić information content (AvgIpc) is 2.88. The van der Waals surface area contributed by atoms with Gasteiger partial charge in [-0.3, -0.25) is 4.79 Å². The summed E-state index contributed by atoms with van der Waals surface area (Å²) in [6, 6.07) is 10.5. The Hall–Kier alpha value is -1.82. The highest BCUT2D eigenvalue weighted by molar-refractivity contribution is 6.00. The molecule has 1 aromatic carbocycles. The molecule has 0 unspecified atom stereocenters. The van der Waals surface area contributed by atoms with Crippen LogP contribution in [-0.4, -0.2) is 12.5 Å². The second-order valence-electron chi connectivity index (χ2n) is 5.94. The molecule has 1 aliphatic carbocycles. The molecule has 1 saturated carbocycles. The molecule has 0 saturated heterocycles. The fourth-order valence-electron chi connectivity index (χ4n) is 3.51. The van der Waals surface area contributed by atoms with Crippen LogP contribution in [0.15, 0.2) is 24.3 Å². The second-order valence-corrected chi connectivity index (χ2v) is 5.94. The zero-order valence-corrected chi connectivity index (χ0v) is 11.8. The van der Waals surface area contributed by atoms with Crippen LogP contribution < -0.4 is 4.90 Å². The molecule has 1 fully saturated rings. The lowest BCUT2D eigenvalue weighted by atomic mass is 9.86. The van der Waals surface area contributed by atoms with Gasteiger partial charge in [0.15, 0.2) is 0 Å². The van der Waals surface area contributed by atoms with Crippen molar-refractivity contribution in [3.63, 3.8) is 0 Å². The summed E-state index contributed by atoms with van der Waals surface area (Å²) in [5.41, 5.74) is 1.50. The first kappa shape index (κ1) is 13.2. The molecule has 3 rings (SSSR count). The lowest BCUT2D eigenvalue weighted by Gasteiger charge is -2.30. The quantitative estimate of drug-likeness (QED) is 0.783. The number of hydrogen-bond donors (Lipinski definition) is 0. The zero-order valence-electron chi connectivity index (χ0n) is 11.8. The summed E-state index contributed by atoms with van der Waals surface area (Å²) in [5, 5.41) is 9.54. The first-order valence-electron chi connectivity index (χ1n) is 7.58. The zero-order chi connectivity index (χ0) is 14.0. The Morgan fingerprint density at radius 2 is 1.90 bits per heavy atom. The maximum Gasteiger partial charge on any atom is 0.247 e. The molecule has 0 aromatic heterocycles. The molecular weight excluding hydrogens is 248 g/mol. The van der Waals surface area contributed by atoms with E-state index < -0.39 is 5.41 Å². The smallest absolute Gasteiger partial charge is 0.247 e. The van der Waals surface area contributed by atoms with Crippen LogP contribution in [0.4, 0.5) is 5.69 Å². The van der Waals surface area contributed by atoms with Gasteiger partial charge < -0.3 is 4.90 Å². The number of amides is 1. The van der Waals surface area contributed by atoms with Crippen molar-refractivity contribution in [2.45, 2.75) is 44.9 Å². The van der Waals surface area contributed by atoms with Gasteiger partial charge in [0.05, 0.1) is 6.07 Å². The van der Waals surface area contributed by atoms with Crippen LogP contribution >= 0.6 is 0 Å². The van der Waals surface area contributed by atoms with E-state index in [9.17, 15) is 10.1 Å². The number of anilines is 1. The Morgan fingerprint density at radius 1 is 1.15 bits per heavy atom. The van der Waals surface area contributed by atoms with Crippen molar-refractivity contribution in [2.75, 3.05) is 11.4 Å². The summed E-state index contributed by atoms with van der Waals surface area (Å²) in [4.78, 5) is 14.9. The normalized spacial score (nSPS) is 20.9. The number of hydrogen-bond acceptors (Lipinski definition) is 2. The lowest BCUT2D eigenvalue weighted by Crippen LogP contribution is -2.42. The largest absolute Gasteiger partial charge is 0.311 e. The predicted octanol–water partition coefficient (Wildman–Crippen LogP) is 3.44. The Bertz CT molecular complexity index is 552. The van der Waals surface area contributed by atoms with Crippen LogP contribution in [0.5, 0.6) is 0 Å². The van der Waals surface area contributed by atoms with Crippen LogP contribution in [0, 0.1) is 16.7 Å². The molecule has 1 heterocycles. The monoisotopic (exact) mass is 268 g/mol. The van der Waals surface area contributed by atoms with Gasteiger partial charge in [-0.2, -0.15) is 5.26 Å². The Labute approximate surface area is 120 Å². The number of para-hydroxylation sites is 1. The summed E-state index contributed by atoms with van der Waals surface area (Å²) in [6.45, 7) is 0.749. The fourth-order valence-corrected chi connectivity index (χ4v) is 3.51. The summed E-state index contributed by atoms with van der Waals surface area (Å²) >= 11 is 0.